The third-order valence-corrected chi connectivity index (χ3v) is 5.76. The molecule has 30 heavy (non-hydrogen) atoms. The monoisotopic (exact) mass is 421 g/mol. The van der Waals surface area contributed by atoms with Crippen LogP contribution in [0.3, 0.4) is 0 Å². The molecule has 0 aliphatic carbocycles. The number of carbonyl (C=O) groups excluding carboxylic acids is 1. The number of hydrogen-bond acceptors (Lipinski definition) is 6. The average molecular weight is 421 g/mol. The summed E-state index contributed by atoms with van der Waals surface area (Å²) in [5.41, 5.74) is 0.911. The van der Waals surface area contributed by atoms with E-state index in [0.717, 1.165) is 22.9 Å². The molecule has 0 radical (unpaired) electrons. The van der Waals surface area contributed by atoms with Gasteiger partial charge in [-0.15, -0.1) is 0 Å². The summed E-state index contributed by atoms with van der Waals surface area (Å²) >= 11 is 1.06. The van der Waals surface area contributed by atoms with E-state index in [0.29, 0.717) is 22.2 Å². The van der Waals surface area contributed by atoms with E-state index in [1.807, 2.05) is 42.5 Å². The summed E-state index contributed by atoms with van der Waals surface area (Å²) in [4.78, 5) is 43.0. The second-order valence-electron chi connectivity index (χ2n) is 6.69. The molecule has 2 N–H and O–H groups in total. The first-order chi connectivity index (χ1) is 14.5. The molecule has 0 fully saturated rings. The van der Waals surface area contributed by atoms with Gasteiger partial charge >= 0.3 is 5.69 Å². The number of nitrogens with one attached hydrogen (secondary N) is 2. The Morgan fingerprint density at radius 2 is 1.83 bits per heavy atom. The highest BCUT2D eigenvalue weighted by molar-refractivity contribution is 8.04. The van der Waals surface area contributed by atoms with Crippen molar-refractivity contribution in [1.82, 2.24) is 19.4 Å². The van der Waals surface area contributed by atoms with Gasteiger partial charge in [-0.05, 0) is 23.3 Å². The Bertz CT molecular complexity index is 1230. The fraction of sp³-hybridized carbons (Fsp3) is 0.143. The number of benzene rings is 1. The van der Waals surface area contributed by atoms with Gasteiger partial charge in [0.1, 0.15) is 10.7 Å². The van der Waals surface area contributed by atoms with Gasteiger partial charge in [0.25, 0.3) is 11.5 Å². The van der Waals surface area contributed by atoms with Gasteiger partial charge in [-0.3, -0.25) is 23.7 Å². The highest BCUT2D eigenvalue weighted by Gasteiger charge is 2.25. The van der Waals surface area contributed by atoms with Crippen LogP contribution in [0.4, 0.5) is 5.82 Å². The Labute approximate surface area is 176 Å². The summed E-state index contributed by atoms with van der Waals surface area (Å²) in [6, 6.07) is 12.9. The van der Waals surface area contributed by atoms with Crippen molar-refractivity contribution in [2.45, 2.75) is 18.0 Å². The molecular formula is C21H19N5O3S. The number of hydrogen-bond donors (Lipinski definition) is 2. The average Bonchev–Trinajstić information content (AvgIpc) is 2.80. The number of amides is 1. The second-order valence-corrected chi connectivity index (χ2v) is 7.74. The summed E-state index contributed by atoms with van der Waals surface area (Å²) in [5, 5.41) is 5.75. The molecule has 9 heteroatoms. The van der Waals surface area contributed by atoms with E-state index in [9.17, 15) is 14.4 Å². The molecule has 2 aromatic heterocycles. The quantitative estimate of drug-likeness (QED) is 0.650. The predicted octanol–water partition coefficient (Wildman–Crippen LogP) is 1.67. The summed E-state index contributed by atoms with van der Waals surface area (Å²) in [7, 11) is 1.60. The van der Waals surface area contributed by atoms with Crippen molar-refractivity contribution in [3.8, 4) is 0 Å². The van der Waals surface area contributed by atoms with Crippen molar-refractivity contribution in [1.29, 1.82) is 0 Å². The second kappa shape index (κ2) is 8.42. The molecule has 0 saturated heterocycles. The molecule has 4 rings (SSSR count). The van der Waals surface area contributed by atoms with Crippen LogP contribution in [0.25, 0.3) is 0 Å². The maximum Gasteiger partial charge on any atom is 0.332 e. The fourth-order valence-corrected chi connectivity index (χ4v) is 4.05. The summed E-state index contributed by atoms with van der Waals surface area (Å²) < 4.78 is 2.56. The Balaban J connectivity index is 1.59. The maximum absolute atomic E-state index is 13.1. The van der Waals surface area contributed by atoms with Crippen LogP contribution in [-0.4, -0.2) is 20.0 Å². The number of thioether (sulfide) groups is 1. The lowest BCUT2D eigenvalue weighted by Crippen LogP contribution is -2.41. The van der Waals surface area contributed by atoms with Gasteiger partial charge < -0.3 is 10.6 Å². The Kier molecular flexibility index (Phi) is 5.53. The molecule has 0 atom stereocenters. The molecule has 3 aromatic rings. The molecule has 0 spiro atoms. The molecule has 0 saturated carbocycles. The van der Waals surface area contributed by atoms with Gasteiger partial charge in [-0.25, -0.2) is 4.79 Å². The Hall–Kier alpha value is -3.59. The van der Waals surface area contributed by atoms with Crippen LogP contribution in [0.1, 0.15) is 11.1 Å². The molecule has 0 unspecified atom stereocenters. The summed E-state index contributed by atoms with van der Waals surface area (Å²) in [5.74, 6) is 0.0721. The Morgan fingerprint density at radius 1 is 1.10 bits per heavy atom. The lowest BCUT2D eigenvalue weighted by Gasteiger charge is -2.21. The molecule has 1 aliphatic heterocycles. The van der Waals surface area contributed by atoms with Crippen molar-refractivity contribution in [2.24, 2.45) is 7.05 Å². The van der Waals surface area contributed by atoms with Crippen molar-refractivity contribution in [3.63, 3.8) is 0 Å². The minimum Gasteiger partial charge on any atom is -0.347 e. The molecule has 8 nitrogen and oxygen atoms in total. The van der Waals surface area contributed by atoms with Crippen molar-refractivity contribution in [3.05, 3.63) is 97.9 Å². The van der Waals surface area contributed by atoms with Gasteiger partial charge in [0.05, 0.1) is 11.4 Å². The van der Waals surface area contributed by atoms with Gasteiger partial charge in [0.2, 0.25) is 0 Å². The van der Waals surface area contributed by atoms with Crippen LogP contribution >= 0.6 is 11.8 Å². The fourth-order valence-electron chi connectivity index (χ4n) is 3.05. The standard InChI is InChI=1S/C21H19N5O3S/c1-25-18-17(20(28)26(21(25)29)13-15-5-3-2-4-6-15)30-16(12-23-18)19(27)24-11-14-7-9-22-10-8-14/h2-10,12,23H,11,13H2,1H3,(H,24,27). The zero-order valence-electron chi connectivity index (χ0n) is 16.2. The topological polar surface area (TPSA) is 98.0 Å². The van der Waals surface area contributed by atoms with Gasteiger partial charge in [-0.1, -0.05) is 42.1 Å². The van der Waals surface area contributed by atoms with E-state index in [2.05, 4.69) is 15.6 Å². The van der Waals surface area contributed by atoms with E-state index >= 15 is 0 Å². The predicted molar refractivity (Wildman–Crippen MR) is 115 cm³/mol. The van der Waals surface area contributed by atoms with E-state index in [4.69, 9.17) is 0 Å². The van der Waals surface area contributed by atoms with Crippen LogP contribution in [0.15, 0.2) is 80.4 Å². The number of nitrogens with zero attached hydrogens (tertiary/aromatic N) is 3. The Morgan fingerprint density at radius 3 is 2.57 bits per heavy atom. The normalized spacial score (nSPS) is 12.5. The lowest BCUT2D eigenvalue weighted by atomic mass is 10.2. The summed E-state index contributed by atoms with van der Waals surface area (Å²) in [6.45, 7) is 0.505. The number of carbonyl (C=O) groups is 1. The number of fused-ring (bicyclic) bond motifs is 1. The van der Waals surface area contributed by atoms with Crippen LogP contribution in [-0.2, 0) is 24.9 Å². The molecule has 152 valence electrons. The van der Waals surface area contributed by atoms with Crippen molar-refractivity contribution >= 4 is 23.5 Å². The molecular weight excluding hydrogens is 402 g/mol. The van der Waals surface area contributed by atoms with E-state index in [1.165, 1.54) is 15.3 Å². The SMILES string of the molecule is Cn1c2c(c(=O)n(Cc3ccccc3)c1=O)SC(C(=O)NCc1ccncc1)=CN2. The number of rotatable bonds is 5. The highest BCUT2D eigenvalue weighted by Crippen LogP contribution is 2.33. The zero-order chi connectivity index (χ0) is 21.1. The first kappa shape index (κ1) is 19.7. The van der Waals surface area contributed by atoms with Crippen molar-refractivity contribution < 1.29 is 4.79 Å². The van der Waals surface area contributed by atoms with E-state index in [-0.39, 0.29) is 12.5 Å². The first-order valence-electron chi connectivity index (χ1n) is 9.24. The number of anilines is 1. The molecule has 0 bridgehead atoms. The zero-order valence-corrected chi connectivity index (χ0v) is 17.0. The van der Waals surface area contributed by atoms with Crippen molar-refractivity contribution in [2.75, 3.05) is 5.32 Å². The van der Waals surface area contributed by atoms with Gasteiger partial charge in [-0.2, -0.15) is 0 Å². The minimum atomic E-state index is -0.429. The number of pyridine rings is 1. The van der Waals surface area contributed by atoms with Crippen LogP contribution < -0.4 is 21.9 Å². The summed E-state index contributed by atoms with van der Waals surface area (Å²) in [6.07, 6.45) is 4.82. The smallest absolute Gasteiger partial charge is 0.332 e. The highest BCUT2D eigenvalue weighted by atomic mass is 32.2. The molecule has 1 aliphatic rings. The number of aromatic nitrogens is 3. The van der Waals surface area contributed by atoms with E-state index in [1.54, 1.807) is 19.4 Å². The molecule has 1 amide bonds. The molecule has 3 heterocycles. The van der Waals surface area contributed by atoms with Crippen LogP contribution in [0.5, 0.6) is 0 Å². The third-order valence-electron chi connectivity index (χ3n) is 4.67. The lowest BCUT2D eigenvalue weighted by molar-refractivity contribution is -0.116. The first-order valence-corrected chi connectivity index (χ1v) is 10.1. The van der Waals surface area contributed by atoms with E-state index < -0.39 is 11.2 Å². The van der Waals surface area contributed by atoms with Crippen LogP contribution in [0, 0.1) is 0 Å². The maximum atomic E-state index is 13.1. The molecule has 1 aromatic carbocycles. The van der Waals surface area contributed by atoms with Gasteiger partial charge in [0.15, 0.2) is 0 Å². The minimum absolute atomic E-state index is 0.160. The van der Waals surface area contributed by atoms with Gasteiger partial charge in [0, 0.05) is 32.2 Å². The largest absolute Gasteiger partial charge is 0.347 e. The van der Waals surface area contributed by atoms with Crippen LogP contribution in [0.2, 0.25) is 0 Å². The third kappa shape index (κ3) is 3.92.